The van der Waals surface area contributed by atoms with Crippen molar-refractivity contribution in [1.82, 2.24) is 4.57 Å². The molecule has 0 spiro atoms. The molecular formula is C24H20BrClN2O4S. The topological polar surface area (TPSA) is 69.9 Å². The first-order valence-corrected chi connectivity index (χ1v) is 11.9. The van der Waals surface area contributed by atoms with E-state index in [9.17, 15) is 9.59 Å². The van der Waals surface area contributed by atoms with Gasteiger partial charge in [0.2, 0.25) is 0 Å². The van der Waals surface area contributed by atoms with Gasteiger partial charge in [-0.1, -0.05) is 51.0 Å². The van der Waals surface area contributed by atoms with E-state index >= 15 is 0 Å². The Morgan fingerprint density at radius 2 is 1.97 bits per heavy atom. The van der Waals surface area contributed by atoms with E-state index < -0.39 is 12.0 Å². The van der Waals surface area contributed by atoms with E-state index in [2.05, 4.69) is 20.9 Å². The molecule has 170 valence electrons. The number of thiazole rings is 1. The van der Waals surface area contributed by atoms with E-state index in [4.69, 9.17) is 21.1 Å². The van der Waals surface area contributed by atoms with Crippen LogP contribution in [0, 0.1) is 6.92 Å². The van der Waals surface area contributed by atoms with E-state index in [-0.39, 0.29) is 11.1 Å². The van der Waals surface area contributed by atoms with Crippen molar-refractivity contribution >= 4 is 50.9 Å². The molecule has 0 fully saturated rings. The van der Waals surface area contributed by atoms with Crippen molar-refractivity contribution in [2.75, 3.05) is 14.2 Å². The highest BCUT2D eigenvalue weighted by Crippen LogP contribution is 2.37. The Kier molecular flexibility index (Phi) is 6.61. The van der Waals surface area contributed by atoms with Crippen molar-refractivity contribution in [2.45, 2.75) is 19.9 Å². The number of rotatable bonds is 4. The quantitative estimate of drug-likeness (QED) is 0.461. The molecule has 0 saturated carbocycles. The van der Waals surface area contributed by atoms with Crippen molar-refractivity contribution in [1.29, 1.82) is 0 Å². The lowest BCUT2D eigenvalue weighted by Crippen LogP contribution is -2.40. The minimum Gasteiger partial charge on any atom is -0.496 e. The van der Waals surface area contributed by atoms with Gasteiger partial charge in [-0.05, 0) is 55.3 Å². The summed E-state index contributed by atoms with van der Waals surface area (Å²) < 4.78 is 13.5. The summed E-state index contributed by atoms with van der Waals surface area (Å²) in [6.45, 7) is 3.72. The molecule has 6 nitrogen and oxygen atoms in total. The van der Waals surface area contributed by atoms with Gasteiger partial charge in [0, 0.05) is 15.1 Å². The molecule has 1 atom stereocenters. The first kappa shape index (κ1) is 23.5. The number of fused-ring (bicyclic) bond motifs is 1. The molecule has 0 radical (unpaired) electrons. The zero-order valence-electron chi connectivity index (χ0n) is 18.3. The molecule has 2 aromatic carbocycles. The molecule has 0 unspecified atom stereocenters. The number of carbonyl (C=O) groups is 1. The lowest BCUT2D eigenvalue weighted by atomic mass is 9.95. The summed E-state index contributed by atoms with van der Waals surface area (Å²) in [6, 6.07) is 10.2. The standard InChI is InChI=1S/C24H20BrClN2O4S/c1-12-5-6-14(9-17(12)25)10-19-22(29)28-21(16-11-15(26)7-8-18(16)31-3)20(23(30)32-4)13(2)27-24(28)33-19/h5-11,21H,1-4H3/b19-10-/t21-/m0/s1. The third-order valence-corrected chi connectivity index (χ3v) is 7.48. The summed E-state index contributed by atoms with van der Waals surface area (Å²) in [4.78, 5) is 31.5. The molecule has 0 amide bonds. The van der Waals surface area contributed by atoms with Gasteiger partial charge in [-0.2, -0.15) is 0 Å². The first-order chi connectivity index (χ1) is 15.7. The summed E-state index contributed by atoms with van der Waals surface area (Å²) in [7, 11) is 2.83. The molecule has 3 aromatic rings. The van der Waals surface area contributed by atoms with Crippen LogP contribution in [0.1, 0.15) is 29.7 Å². The van der Waals surface area contributed by atoms with Gasteiger partial charge in [-0.3, -0.25) is 9.36 Å². The second kappa shape index (κ2) is 9.29. The molecule has 0 aliphatic carbocycles. The highest BCUT2D eigenvalue weighted by atomic mass is 79.9. The number of hydrogen-bond donors (Lipinski definition) is 0. The highest BCUT2D eigenvalue weighted by Gasteiger charge is 2.35. The van der Waals surface area contributed by atoms with E-state index in [1.807, 2.05) is 31.2 Å². The van der Waals surface area contributed by atoms with Gasteiger partial charge in [0.1, 0.15) is 11.8 Å². The lowest BCUT2D eigenvalue weighted by molar-refractivity contribution is -0.136. The Labute approximate surface area is 207 Å². The average Bonchev–Trinajstić information content (AvgIpc) is 3.09. The number of benzene rings is 2. The van der Waals surface area contributed by atoms with Crippen molar-refractivity contribution in [3.8, 4) is 5.75 Å². The van der Waals surface area contributed by atoms with Crippen LogP contribution in [0.3, 0.4) is 0 Å². The molecule has 0 saturated heterocycles. The summed E-state index contributed by atoms with van der Waals surface area (Å²) in [6.07, 6.45) is 1.82. The summed E-state index contributed by atoms with van der Waals surface area (Å²) in [5, 5.41) is 0.455. The molecule has 0 N–H and O–H groups in total. The van der Waals surface area contributed by atoms with Crippen LogP contribution in [0.4, 0.5) is 0 Å². The van der Waals surface area contributed by atoms with Gasteiger partial charge < -0.3 is 9.47 Å². The molecule has 1 aliphatic rings. The van der Waals surface area contributed by atoms with Gasteiger partial charge in [-0.25, -0.2) is 9.79 Å². The maximum absolute atomic E-state index is 13.6. The van der Waals surface area contributed by atoms with Gasteiger partial charge >= 0.3 is 5.97 Å². The molecule has 4 rings (SSSR count). The van der Waals surface area contributed by atoms with Crippen LogP contribution < -0.4 is 19.6 Å². The minimum atomic E-state index is -0.797. The number of nitrogens with zero attached hydrogens (tertiary/aromatic N) is 2. The Morgan fingerprint density at radius 3 is 2.64 bits per heavy atom. The van der Waals surface area contributed by atoms with Crippen LogP contribution in [-0.4, -0.2) is 24.8 Å². The van der Waals surface area contributed by atoms with Crippen LogP contribution >= 0.6 is 38.9 Å². The Bertz CT molecular complexity index is 1490. The van der Waals surface area contributed by atoms with E-state index in [1.165, 1.54) is 30.1 Å². The molecule has 0 bridgehead atoms. The molecular weight excluding hydrogens is 528 g/mol. The van der Waals surface area contributed by atoms with Crippen molar-refractivity contribution in [3.63, 3.8) is 0 Å². The smallest absolute Gasteiger partial charge is 0.338 e. The Morgan fingerprint density at radius 1 is 1.21 bits per heavy atom. The predicted molar refractivity (Wildman–Crippen MR) is 133 cm³/mol. The van der Waals surface area contributed by atoms with Crippen LogP contribution in [0.15, 0.2) is 61.9 Å². The third-order valence-electron chi connectivity index (χ3n) is 5.41. The fraction of sp³-hybridized carbons (Fsp3) is 0.208. The number of esters is 1. The zero-order chi connectivity index (χ0) is 23.9. The summed E-state index contributed by atoms with van der Waals surface area (Å²) >= 11 is 11.1. The summed E-state index contributed by atoms with van der Waals surface area (Å²) in [5.74, 6) is -0.0717. The SMILES string of the molecule is COC(=O)C1=C(C)N=c2s/c(=C\c3ccc(C)c(Br)c3)c(=O)n2[C@H]1c1cc(Cl)ccc1OC. The van der Waals surface area contributed by atoms with Gasteiger partial charge in [0.25, 0.3) is 5.56 Å². The number of carbonyl (C=O) groups excluding carboxylic acids is 1. The third kappa shape index (κ3) is 4.30. The minimum absolute atomic E-state index is 0.259. The van der Waals surface area contributed by atoms with Gasteiger partial charge in [0.05, 0.1) is 30.0 Å². The number of methoxy groups -OCH3 is 2. The number of hydrogen-bond acceptors (Lipinski definition) is 6. The number of ether oxygens (including phenoxy) is 2. The monoisotopic (exact) mass is 546 g/mol. The molecule has 1 aliphatic heterocycles. The fourth-order valence-electron chi connectivity index (χ4n) is 3.76. The van der Waals surface area contributed by atoms with Gasteiger partial charge in [0.15, 0.2) is 4.80 Å². The van der Waals surface area contributed by atoms with E-state index in [0.29, 0.717) is 31.4 Å². The first-order valence-electron chi connectivity index (χ1n) is 9.95. The second-order valence-corrected chi connectivity index (χ2v) is 9.77. The van der Waals surface area contributed by atoms with Crippen molar-refractivity contribution in [3.05, 3.63) is 93.5 Å². The van der Waals surface area contributed by atoms with Crippen molar-refractivity contribution in [2.24, 2.45) is 4.99 Å². The highest BCUT2D eigenvalue weighted by molar-refractivity contribution is 9.10. The van der Waals surface area contributed by atoms with E-state index in [1.54, 1.807) is 25.1 Å². The normalized spacial score (nSPS) is 15.8. The molecule has 2 heterocycles. The largest absolute Gasteiger partial charge is 0.496 e. The Balaban J connectivity index is 2.02. The van der Waals surface area contributed by atoms with Crippen LogP contribution in [-0.2, 0) is 9.53 Å². The fourth-order valence-corrected chi connectivity index (χ4v) is 5.38. The number of halogens is 2. The zero-order valence-corrected chi connectivity index (χ0v) is 21.5. The Hall–Kier alpha value is -2.68. The summed E-state index contributed by atoms with van der Waals surface area (Å²) in [5.41, 5.74) is 3.01. The number of aromatic nitrogens is 1. The molecule has 9 heteroatoms. The molecule has 1 aromatic heterocycles. The predicted octanol–water partition coefficient (Wildman–Crippen LogP) is 4.14. The molecule has 33 heavy (non-hydrogen) atoms. The van der Waals surface area contributed by atoms with Crippen LogP contribution in [0.5, 0.6) is 5.75 Å². The van der Waals surface area contributed by atoms with Gasteiger partial charge in [-0.15, -0.1) is 0 Å². The van der Waals surface area contributed by atoms with Crippen molar-refractivity contribution < 1.29 is 14.3 Å². The number of aryl methyl sites for hydroxylation is 1. The lowest BCUT2D eigenvalue weighted by Gasteiger charge is -2.25. The van der Waals surface area contributed by atoms with Crippen LogP contribution in [0.25, 0.3) is 6.08 Å². The average molecular weight is 548 g/mol. The maximum atomic E-state index is 13.6. The van der Waals surface area contributed by atoms with Crippen LogP contribution in [0.2, 0.25) is 5.02 Å². The maximum Gasteiger partial charge on any atom is 0.338 e. The number of allylic oxidation sites excluding steroid dienone is 1. The second-order valence-electron chi connectivity index (χ2n) is 7.47. The van der Waals surface area contributed by atoms with E-state index in [0.717, 1.165) is 15.6 Å².